The molecule has 0 bridgehead atoms. The Labute approximate surface area is 157 Å². The molecule has 4 aromatic rings. The van der Waals surface area contributed by atoms with Crippen LogP contribution in [0.1, 0.15) is 33.1 Å². The summed E-state index contributed by atoms with van der Waals surface area (Å²) >= 11 is 0. The van der Waals surface area contributed by atoms with Crippen LogP contribution >= 0.6 is 0 Å². The summed E-state index contributed by atoms with van der Waals surface area (Å²) in [7, 11) is 0. The molecule has 6 nitrogen and oxygen atoms in total. The molecule has 6 heteroatoms. The van der Waals surface area contributed by atoms with Crippen molar-refractivity contribution in [1.82, 2.24) is 24.5 Å². The van der Waals surface area contributed by atoms with E-state index in [1.54, 1.807) is 0 Å². The van der Waals surface area contributed by atoms with Gasteiger partial charge in [-0.05, 0) is 57.2 Å². The van der Waals surface area contributed by atoms with Gasteiger partial charge in [0.05, 0.1) is 17.8 Å². The van der Waals surface area contributed by atoms with Crippen molar-refractivity contribution in [2.45, 2.75) is 27.3 Å². The van der Waals surface area contributed by atoms with Crippen LogP contribution in [0.2, 0.25) is 0 Å². The van der Waals surface area contributed by atoms with Gasteiger partial charge in [-0.1, -0.05) is 17.7 Å². The summed E-state index contributed by atoms with van der Waals surface area (Å²) in [5.74, 6) is 0.565. The van der Waals surface area contributed by atoms with Crippen LogP contribution < -0.4 is 5.32 Å². The number of aromatic nitrogens is 4. The third-order valence-electron chi connectivity index (χ3n) is 4.70. The van der Waals surface area contributed by atoms with Crippen LogP contribution in [0.5, 0.6) is 0 Å². The zero-order chi connectivity index (χ0) is 19.0. The molecule has 0 radical (unpaired) electrons. The highest BCUT2D eigenvalue weighted by atomic mass is 16.1. The predicted octanol–water partition coefficient (Wildman–Crippen LogP) is 3.38. The molecule has 27 heavy (non-hydrogen) atoms. The molecule has 0 saturated carbocycles. The van der Waals surface area contributed by atoms with Gasteiger partial charge in [0.2, 0.25) is 0 Å². The molecule has 0 spiro atoms. The zero-order valence-corrected chi connectivity index (χ0v) is 15.6. The number of hydrogen-bond donors (Lipinski definition) is 1. The molecule has 136 valence electrons. The number of nitrogens with zero attached hydrogens (tertiary/aromatic N) is 4. The van der Waals surface area contributed by atoms with Crippen molar-refractivity contribution in [2.75, 3.05) is 0 Å². The maximum Gasteiger partial charge on any atom is 0.253 e. The minimum Gasteiger partial charge on any atom is -0.345 e. The normalized spacial score (nSPS) is 11.1. The van der Waals surface area contributed by atoms with Crippen LogP contribution in [0.25, 0.3) is 11.3 Å². The van der Waals surface area contributed by atoms with Crippen molar-refractivity contribution in [3.8, 4) is 5.69 Å². The van der Waals surface area contributed by atoms with Gasteiger partial charge in [0.1, 0.15) is 0 Å². The Morgan fingerprint density at radius 3 is 2.56 bits per heavy atom. The zero-order valence-electron chi connectivity index (χ0n) is 15.6. The number of pyridine rings is 1. The molecule has 0 aliphatic carbocycles. The molecule has 0 unspecified atom stereocenters. The van der Waals surface area contributed by atoms with Crippen LogP contribution in [0, 0.1) is 20.8 Å². The fraction of sp³-hybridized carbons (Fsp3) is 0.190. The first-order valence-corrected chi connectivity index (χ1v) is 8.87. The summed E-state index contributed by atoms with van der Waals surface area (Å²) in [6, 6.07) is 15.8. The second-order valence-corrected chi connectivity index (χ2v) is 6.70. The van der Waals surface area contributed by atoms with E-state index in [1.807, 2.05) is 67.8 Å². The fourth-order valence-electron chi connectivity index (χ4n) is 3.34. The Hall–Kier alpha value is -3.41. The lowest BCUT2D eigenvalue weighted by molar-refractivity contribution is 0.0949. The largest absolute Gasteiger partial charge is 0.345 e. The first kappa shape index (κ1) is 17.0. The Bertz CT molecular complexity index is 1120. The molecule has 3 aromatic heterocycles. The molecule has 3 heterocycles. The van der Waals surface area contributed by atoms with Gasteiger partial charge in [0.15, 0.2) is 11.5 Å². The SMILES string of the molecule is Cc1ccc(-n2c(C)ccc2C)c(C(=O)NCc2nnc3ccccn23)c1. The van der Waals surface area contributed by atoms with E-state index in [9.17, 15) is 4.79 Å². The van der Waals surface area contributed by atoms with E-state index in [2.05, 4.69) is 32.2 Å². The molecular formula is C21H21N5O. The quantitative estimate of drug-likeness (QED) is 0.608. The van der Waals surface area contributed by atoms with Gasteiger partial charge >= 0.3 is 0 Å². The van der Waals surface area contributed by atoms with Gasteiger partial charge < -0.3 is 9.88 Å². The number of hydrogen-bond acceptors (Lipinski definition) is 3. The number of carbonyl (C=O) groups is 1. The molecular weight excluding hydrogens is 338 g/mol. The summed E-state index contributed by atoms with van der Waals surface area (Å²) in [6.07, 6.45) is 1.89. The van der Waals surface area contributed by atoms with Gasteiger partial charge in [-0.3, -0.25) is 9.20 Å². The van der Waals surface area contributed by atoms with E-state index in [4.69, 9.17) is 0 Å². The van der Waals surface area contributed by atoms with Crippen LogP contribution in [-0.4, -0.2) is 25.1 Å². The lowest BCUT2D eigenvalue weighted by atomic mass is 10.1. The highest BCUT2D eigenvalue weighted by molar-refractivity contribution is 5.98. The summed E-state index contributed by atoms with van der Waals surface area (Å²) in [4.78, 5) is 13.0. The molecule has 4 rings (SSSR count). The van der Waals surface area contributed by atoms with Crippen molar-refractivity contribution in [3.63, 3.8) is 0 Å². The van der Waals surface area contributed by atoms with Gasteiger partial charge in [-0.15, -0.1) is 10.2 Å². The van der Waals surface area contributed by atoms with E-state index >= 15 is 0 Å². The Kier molecular flexibility index (Phi) is 4.24. The molecule has 1 aromatic carbocycles. The van der Waals surface area contributed by atoms with Crippen molar-refractivity contribution >= 4 is 11.6 Å². The number of nitrogens with one attached hydrogen (secondary N) is 1. The monoisotopic (exact) mass is 359 g/mol. The summed E-state index contributed by atoms with van der Waals surface area (Å²) in [6.45, 7) is 6.37. The maximum atomic E-state index is 13.0. The number of carbonyl (C=O) groups excluding carboxylic acids is 1. The second kappa shape index (κ2) is 6.72. The third-order valence-corrected chi connectivity index (χ3v) is 4.70. The topological polar surface area (TPSA) is 64.2 Å². The number of rotatable bonds is 4. The van der Waals surface area contributed by atoms with E-state index < -0.39 is 0 Å². The Balaban J connectivity index is 1.65. The van der Waals surface area contributed by atoms with Crippen LogP contribution in [0.15, 0.2) is 54.7 Å². The standard InChI is InChI=1S/C21H21N5O/c1-14-7-10-18(26-15(2)8-9-16(26)3)17(12-14)21(27)22-13-20-24-23-19-6-4-5-11-25(19)20/h4-12H,13H2,1-3H3,(H,22,27). The molecule has 0 aliphatic rings. The average molecular weight is 359 g/mol. The summed E-state index contributed by atoms with van der Waals surface area (Å²) in [5.41, 5.74) is 5.51. The second-order valence-electron chi connectivity index (χ2n) is 6.70. The van der Waals surface area contributed by atoms with E-state index in [0.29, 0.717) is 17.9 Å². The Morgan fingerprint density at radius 1 is 1.00 bits per heavy atom. The first-order valence-electron chi connectivity index (χ1n) is 8.87. The van der Waals surface area contributed by atoms with Gasteiger partial charge in [-0.2, -0.15) is 0 Å². The van der Waals surface area contributed by atoms with Gasteiger partial charge in [-0.25, -0.2) is 0 Å². The highest BCUT2D eigenvalue weighted by Crippen LogP contribution is 2.22. The fourth-order valence-corrected chi connectivity index (χ4v) is 3.34. The highest BCUT2D eigenvalue weighted by Gasteiger charge is 2.16. The molecule has 0 aliphatic heterocycles. The molecule has 1 amide bonds. The first-order chi connectivity index (χ1) is 13.0. The number of fused-ring (bicyclic) bond motifs is 1. The molecule has 0 atom stereocenters. The number of aryl methyl sites for hydroxylation is 3. The number of amides is 1. The van der Waals surface area contributed by atoms with Crippen molar-refractivity contribution in [2.24, 2.45) is 0 Å². The third kappa shape index (κ3) is 3.10. The maximum absolute atomic E-state index is 13.0. The molecule has 0 saturated heterocycles. The van der Waals surface area contributed by atoms with Crippen molar-refractivity contribution in [3.05, 3.63) is 83.1 Å². The smallest absolute Gasteiger partial charge is 0.253 e. The lowest BCUT2D eigenvalue weighted by Crippen LogP contribution is -2.25. The van der Waals surface area contributed by atoms with Crippen LogP contribution in [-0.2, 0) is 6.54 Å². The molecule has 0 fully saturated rings. The minimum absolute atomic E-state index is 0.131. The van der Waals surface area contributed by atoms with Crippen molar-refractivity contribution in [1.29, 1.82) is 0 Å². The summed E-state index contributed by atoms with van der Waals surface area (Å²) < 4.78 is 3.97. The van der Waals surface area contributed by atoms with Gasteiger partial charge in [0.25, 0.3) is 5.91 Å². The van der Waals surface area contributed by atoms with E-state index in [1.165, 1.54) is 0 Å². The molecule has 1 N–H and O–H groups in total. The van der Waals surface area contributed by atoms with E-state index in [-0.39, 0.29) is 5.91 Å². The van der Waals surface area contributed by atoms with Crippen LogP contribution in [0.4, 0.5) is 0 Å². The number of benzene rings is 1. The minimum atomic E-state index is -0.131. The predicted molar refractivity (Wildman–Crippen MR) is 104 cm³/mol. The summed E-state index contributed by atoms with van der Waals surface area (Å²) in [5, 5.41) is 11.3. The van der Waals surface area contributed by atoms with Crippen LogP contribution in [0.3, 0.4) is 0 Å². The lowest BCUT2D eigenvalue weighted by Gasteiger charge is -2.15. The average Bonchev–Trinajstić information content (AvgIpc) is 3.23. The Morgan fingerprint density at radius 2 is 1.78 bits per heavy atom. The van der Waals surface area contributed by atoms with Crippen molar-refractivity contribution < 1.29 is 4.79 Å². The van der Waals surface area contributed by atoms with Gasteiger partial charge in [0, 0.05) is 17.6 Å². The van der Waals surface area contributed by atoms with E-state index in [0.717, 1.165) is 28.3 Å².